The molecule has 0 aliphatic heterocycles. The van der Waals surface area contributed by atoms with Crippen molar-refractivity contribution in [2.75, 3.05) is 0 Å². The third-order valence-corrected chi connectivity index (χ3v) is 1.85. The van der Waals surface area contributed by atoms with E-state index in [1.165, 1.54) is 25.7 Å². The SMILES string of the molecule is CC.c1nc(C2CCC2)no1. The van der Waals surface area contributed by atoms with Gasteiger partial charge in [0.15, 0.2) is 5.82 Å². The van der Waals surface area contributed by atoms with Gasteiger partial charge in [-0.3, -0.25) is 0 Å². The second kappa shape index (κ2) is 4.11. The number of hydrogen-bond acceptors (Lipinski definition) is 3. The largest absolute Gasteiger partial charge is 0.343 e. The summed E-state index contributed by atoms with van der Waals surface area (Å²) in [4.78, 5) is 3.96. The lowest BCUT2D eigenvalue weighted by Crippen LogP contribution is -2.09. The van der Waals surface area contributed by atoms with E-state index in [0.29, 0.717) is 5.92 Å². The zero-order valence-corrected chi connectivity index (χ0v) is 7.08. The Morgan fingerprint density at radius 2 is 2.18 bits per heavy atom. The molecule has 1 saturated carbocycles. The minimum Gasteiger partial charge on any atom is -0.343 e. The molecule has 1 aliphatic carbocycles. The van der Waals surface area contributed by atoms with E-state index in [9.17, 15) is 0 Å². The highest BCUT2D eigenvalue weighted by molar-refractivity contribution is 4.96. The lowest BCUT2D eigenvalue weighted by molar-refractivity contribution is 0.362. The van der Waals surface area contributed by atoms with Gasteiger partial charge in [0, 0.05) is 5.92 Å². The lowest BCUT2D eigenvalue weighted by Gasteiger charge is -2.20. The fraction of sp³-hybridized carbons (Fsp3) is 0.750. The summed E-state index contributed by atoms with van der Waals surface area (Å²) >= 11 is 0. The van der Waals surface area contributed by atoms with Crippen LogP contribution in [0.2, 0.25) is 0 Å². The highest BCUT2D eigenvalue weighted by Gasteiger charge is 2.22. The summed E-state index contributed by atoms with van der Waals surface area (Å²) in [5.74, 6) is 1.49. The second-order valence-corrected chi connectivity index (χ2v) is 2.42. The van der Waals surface area contributed by atoms with Gasteiger partial charge in [-0.05, 0) is 12.8 Å². The molecule has 1 aliphatic rings. The summed E-state index contributed by atoms with van der Waals surface area (Å²) in [5.41, 5.74) is 0. The highest BCUT2D eigenvalue weighted by Crippen LogP contribution is 2.33. The fourth-order valence-corrected chi connectivity index (χ4v) is 1.03. The summed E-state index contributed by atoms with van der Waals surface area (Å²) in [7, 11) is 0. The summed E-state index contributed by atoms with van der Waals surface area (Å²) in [6.07, 6.45) is 5.19. The minimum atomic E-state index is 0.601. The maximum Gasteiger partial charge on any atom is 0.213 e. The molecule has 3 nitrogen and oxygen atoms in total. The van der Waals surface area contributed by atoms with Crippen molar-refractivity contribution in [3.05, 3.63) is 12.2 Å². The van der Waals surface area contributed by atoms with Crippen LogP contribution in [0.1, 0.15) is 44.9 Å². The van der Waals surface area contributed by atoms with Crippen LogP contribution in [0.25, 0.3) is 0 Å². The van der Waals surface area contributed by atoms with Crippen molar-refractivity contribution < 1.29 is 4.52 Å². The molecule has 1 aromatic rings. The van der Waals surface area contributed by atoms with Gasteiger partial charge >= 0.3 is 0 Å². The first-order valence-electron chi connectivity index (χ1n) is 4.23. The smallest absolute Gasteiger partial charge is 0.213 e. The Kier molecular flexibility index (Phi) is 3.08. The van der Waals surface area contributed by atoms with Crippen LogP contribution in [0.15, 0.2) is 10.9 Å². The molecule has 0 spiro atoms. The van der Waals surface area contributed by atoms with Crippen molar-refractivity contribution in [3.63, 3.8) is 0 Å². The Hall–Kier alpha value is -0.860. The van der Waals surface area contributed by atoms with Crippen molar-refractivity contribution in [1.29, 1.82) is 0 Å². The molecule has 0 N–H and O–H groups in total. The van der Waals surface area contributed by atoms with Crippen LogP contribution in [0.4, 0.5) is 0 Å². The molecular formula is C8H14N2O. The predicted octanol–water partition coefficient (Wildman–Crippen LogP) is 2.36. The summed E-state index contributed by atoms with van der Waals surface area (Å²) in [6.45, 7) is 4.00. The van der Waals surface area contributed by atoms with Gasteiger partial charge in [0.2, 0.25) is 6.39 Å². The quantitative estimate of drug-likeness (QED) is 0.623. The van der Waals surface area contributed by atoms with Gasteiger partial charge < -0.3 is 4.52 Å². The lowest BCUT2D eigenvalue weighted by atomic mass is 9.85. The van der Waals surface area contributed by atoms with Crippen molar-refractivity contribution in [3.8, 4) is 0 Å². The van der Waals surface area contributed by atoms with Crippen LogP contribution in [0.3, 0.4) is 0 Å². The highest BCUT2D eigenvalue weighted by atomic mass is 16.5. The van der Waals surface area contributed by atoms with E-state index in [0.717, 1.165) is 5.82 Å². The van der Waals surface area contributed by atoms with Gasteiger partial charge in [0.1, 0.15) is 0 Å². The van der Waals surface area contributed by atoms with E-state index in [1.54, 1.807) is 0 Å². The van der Waals surface area contributed by atoms with Gasteiger partial charge in [0.25, 0.3) is 0 Å². The summed E-state index contributed by atoms with van der Waals surface area (Å²) in [6, 6.07) is 0. The van der Waals surface area contributed by atoms with Crippen molar-refractivity contribution in [2.45, 2.75) is 39.0 Å². The van der Waals surface area contributed by atoms with E-state index in [1.807, 2.05) is 13.8 Å². The average Bonchev–Trinajstić information content (AvgIpc) is 2.41. The Labute approximate surface area is 66.8 Å². The zero-order chi connectivity index (χ0) is 8.10. The molecule has 0 unspecified atom stereocenters. The van der Waals surface area contributed by atoms with Crippen molar-refractivity contribution >= 4 is 0 Å². The minimum absolute atomic E-state index is 0.601. The molecule has 0 radical (unpaired) electrons. The normalized spacial score (nSPS) is 16.5. The maximum absolute atomic E-state index is 4.61. The molecule has 1 aromatic heterocycles. The Morgan fingerprint density at radius 1 is 1.45 bits per heavy atom. The van der Waals surface area contributed by atoms with Crippen LogP contribution in [-0.4, -0.2) is 10.1 Å². The second-order valence-electron chi connectivity index (χ2n) is 2.42. The first-order chi connectivity index (χ1) is 5.47. The van der Waals surface area contributed by atoms with Gasteiger partial charge in [-0.25, -0.2) is 0 Å². The van der Waals surface area contributed by atoms with Crippen molar-refractivity contribution in [2.24, 2.45) is 0 Å². The molecule has 2 rings (SSSR count). The van der Waals surface area contributed by atoms with Crippen LogP contribution in [0, 0.1) is 0 Å². The first-order valence-corrected chi connectivity index (χ1v) is 4.23. The Balaban J connectivity index is 0.000000281. The van der Waals surface area contributed by atoms with Gasteiger partial charge in [-0.1, -0.05) is 25.4 Å². The van der Waals surface area contributed by atoms with Crippen LogP contribution in [0.5, 0.6) is 0 Å². The third kappa shape index (κ3) is 1.79. The molecule has 0 aromatic carbocycles. The Bertz CT molecular complexity index is 180. The molecule has 1 fully saturated rings. The first kappa shape index (κ1) is 8.24. The van der Waals surface area contributed by atoms with Crippen LogP contribution in [-0.2, 0) is 0 Å². The van der Waals surface area contributed by atoms with Gasteiger partial charge in [-0.15, -0.1) is 0 Å². The van der Waals surface area contributed by atoms with Crippen molar-refractivity contribution in [1.82, 2.24) is 10.1 Å². The Morgan fingerprint density at radius 3 is 2.55 bits per heavy atom. The van der Waals surface area contributed by atoms with Gasteiger partial charge in [-0.2, -0.15) is 4.98 Å². The van der Waals surface area contributed by atoms with E-state index in [-0.39, 0.29) is 0 Å². The molecule has 0 bridgehead atoms. The molecule has 0 saturated heterocycles. The number of rotatable bonds is 1. The monoisotopic (exact) mass is 154 g/mol. The topological polar surface area (TPSA) is 38.9 Å². The number of nitrogens with zero attached hydrogens (tertiary/aromatic N) is 2. The zero-order valence-electron chi connectivity index (χ0n) is 7.08. The molecule has 11 heavy (non-hydrogen) atoms. The fourth-order valence-electron chi connectivity index (χ4n) is 1.03. The average molecular weight is 154 g/mol. The molecule has 1 heterocycles. The van der Waals surface area contributed by atoms with Gasteiger partial charge in [0.05, 0.1) is 0 Å². The molecule has 62 valence electrons. The van der Waals surface area contributed by atoms with E-state index >= 15 is 0 Å². The summed E-state index contributed by atoms with van der Waals surface area (Å²) < 4.78 is 4.61. The third-order valence-electron chi connectivity index (χ3n) is 1.85. The van der Waals surface area contributed by atoms with Crippen LogP contribution < -0.4 is 0 Å². The standard InChI is InChI=1S/C6H8N2O.C2H6/c1-2-5(3-1)6-7-4-9-8-6;1-2/h4-5H,1-3H2;1-2H3. The van der Waals surface area contributed by atoms with E-state index in [2.05, 4.69) is 14.7 Å². The summed E-state index contributed by atoms with van der Waals surface area (Å²) in [5, 5.41) is 3.75. The predicted molar refractivity (Wildman–Crippen MR) is 42.2 cm³/mol. The molecular weight excluding hydrogens is 140 g/mol. The number of hydrogen-bond donors (Lipinski definition) is 0. The maximum atomic E-state index is 4.61. The van der Waals surface area contributed by atoms with E-state index < -0.39 is 0 Å². The molecule has 3 heteroatoms. The van der Waals surface area contributed by atoms with E-state index in [4.69, 9.17) is 0 Å². The number of aromatic nitrogens is 2. The van der Waals surface area contributed by atoms with Crippen LogP contribution >= 0.6 is 0 Å². The molecule has 0 amide bonds. The molecule has 0 atom stereocenters.